The van der Waals surface area contributed by atoms with E-state index in [4.69, 9.17) is 0 Å². The first-order valence-electron chi connectivity index (χ1n) is 8.67. The zero-order valence-corrected chi connectivity index (χ0v) is 14.7. The van der Waals surface area contributed by atoms with Crippen molar-refractivity contribution in [1.82, 2.24) is 15.3 Å². The number of carbonyl (C=O) groups is 1. The number of hydrogen-bond acceptors (Lipinski definition) is 4. The summed E-state index contributed by atoms with van der Waals surface area (Å²) in [4.78, 5) is 23.5. The largest absolute Gasteiger partial charge is 0.357 e. The molecule has 3 rings (SSSR count). The molecule has 1 aromatic carbocycles. The molecule has 1 saturated heterocycles. The maximum atomic E-state index is 13.6. The average molecular weight is 342 g/mol. The Morgan fingerprint density at radius 3 is 2.64 bits per heavy atom. The lowest BCUT2D eigenvalue weighted by atomic mass is 10.1. The van der Waals surface area contributed by atoms with Crippen LogP contribution < -0.4 is 10.2 Å². The van der Waals surface area contributed by atoms with Crippen molar-refractivity contribution in [2.45, 2.75) is 39.7 Å². The smallest absolute Gasteiger partial charge is 0.251 e. The normalized spacial score (nSPS) is 14.4. The Balaban J connectivity index is 1.68. The highest BCUT2D eigenvalue weighted by atomic mass is 19.1. The lowest BCUT2D eigenvalue weighted by molar-refractivity contribution is 0.0949. The van der Waals surface area contributed by atoms with E-state index >= 15 is 0 Å². The highest BCUT2D eigenvalue weighted by molar-refractivity contribution is 5.94. The number of piperidine rings is 1. The van der Waals surface area contributed by atoms with E-state index in [9.17, 15) is 9.18 Å². The number of nitrogens with one attached hydrogen (secondary N) is 1. The van der Waals surface area contributed by atoms with Gasteiger partial charge in [0.15, 0.2) is 0 Å². The van der Waals surface area contributed by atoms with Crippen LogP contribution in [0.2, 0.25) is 0 Å². The average Bonchev–Trinajstić information content (AvgIpc) is 2.62. The molecule has 0 bridgehead atoms. The monoisotopic (exact) mass is 342 g/mol. The van der Waals surface area contributed by atoms with Crippen LogP contribution in [0.4, 0.5) is 10.2 Å². The zero-order valence-electron chi connectivity index (χ0n) is 14.7. The number of aryl methyl sites for hydroxylation is 2. The molecule has 1 aromatic heterocycles. The molecule has 0 radical (unpaired) electrons. The first-order chi connectivity index (χ1) is 12.0. The molecule has 0 saturated carbocycles. The van der Waals surface area contributed by atoms with Crippen LogP contribution in [0.1, 0.15) is 46.7 Å². The van der Waals surface area contributed by atoms with E-state index in [0.717, 1.165) is 24.6 Å². The van der Waals surface area contributed by atoms with Crippen molar-refractivity contribution in [3.8, 4) is 0 Å². The minimum Gasteiger partial charge on any atom is -0.357 e. The fraction of sp³-hybridized carbons (Fsp3) is 0.421. The summed E-state index contributed by atoms with van der Waals surface area (Å²) in [7, 11) is 0. The predicted molar refractivity (Wildman–Crippen MR) is 95.1 cm³/mol. The number of rotatable bonds is 4. The van der Waals surface area contributed by atoms with Crippen molar-refractivity contribution >= 4 is 11.7 Å². The topological polar surface area (TPSA) is 58.1 Å². The van der Waals surface area contributed by atoms with Crippen LogP contribution in [0.25, 0.3) is 0 Å². The van der Waals surface area contributed by atoms with Crippen molar-refractivity contribution in [3.63, 3.8) is 0 Å². The van der Waals surface area contributed by atoms with Gasteiger partial charge in [-0.05, 0) is 50.8 Å². The molecule has 1 N–H and O–H groups in total. The number of carbonyl (C=O) groups excluding carboxylic acids is 1. The van der Waals surface area contributed by atoms with E-state index in [2.05, 4.69) is 20.2 Å². The molecule has 132 valence electrons. The zero-order chi connectivity index (χ0) is 17.8. The van der Waals surface area contributed by atoms with Crippen molar-refractivity contribution in [1.29, 1.82) is 0 Å². The molecule has 1 fully saturated rings. The summed E-state index contributed by atoms with van der Waals surface area (Å²) in [5, 5.41) is 2.77. The molecular formula is C19H23FN4O. The molecule has 0 spiro atoms. The SMILES string of the molecule is Cc1cc(N2CCCCC2)nc(CNC(=O)c2ccc(C)c(F)c2)n1. The molecule has 1 amide bonds. The lowest BCUT2D eigenvalue weighted by Gasteiger charge is -2.28. The molecule has 5 nitrogen and oxygen atoms in total. The van der Waals surface area contributed by atoms with Gasteiger partial charge in [0.2, 0.25) is 0 Å². The summed E-state index contributed by atoms with van der Waals surface area (Å²) in [6.07, 6.45) is 3.61. The molecule has 0 unspecified atom stereocenters. The summed E-state index contributed by atoms with van der Waals surface area (Å²) >= 11 is 0. The van der Waals surface area contributed by atoms with E-state index in [1.54, 1.807) is 19.1 Å². The minimum atomic E-state index is -0.383. The van der Waals surface area contributed by atoms with Crippen LogP contribution in [0, 0.1) is 19.7 Å². The van der Waals surface area contributed by atoms with Gasteiger partial charge in [0.1, 0.15) is 17.5 Å². The molecule has 2 aromatic rings. The van der Waals surface area contributed by atoms with Crippen LogP contribution >= 0.6 is 0 Å². The van der Waals surface area contributed by atoms with E-state index in [1.807, 2.05) is 13.0 Å². The summed E-state index contributed by atoms with van der Waals surface area (Å²) in [5.74, 6) is 0.773. The second-order valence-electron chi connectivity index (χ2n) is 6.48. The predicted octanol–water partition coefficient (Wildman–Crippen LogP) is 3.15. The molecule has 25 heavy (non-hydrogen) atoms. The second kappa shape index (κ2) is 7.59. The van der Waals surface area contributed by atoms with Crippen molar-refractivity contribution < 1.29 is 9.18 Å². The quantitative estimate of drug-likeness (QED) is 0.927. The number of halogens is 1. The third-order valence-electron chi connectivity index (χ3n) is 4.41. The first kappa shape index (κ1) is 17.3. The second-order valence-corrected chi connectivity index (χ2v) is 6.48. The Morgan fingerprint density at radius 1 is 1.16 bits per heavy atom. The molecule has 2 heterocycles. The van der Waals surface area contributed by atoms with E-state index in [-0.39, 0.29) is 18.3 Å². The van der Waals surface area contributed by atoms with Crippen molar-refractivity contribution in [2.75, 3.05) is 18.0 Å². The number of nitrogens with zero attached hydrogens (tertiary/aromatic N) is 3. The maximum Gasteiger partial charge on any atom is 0.251 e. The first-order valence-corrected chi connectivity index (χ1v) is 8.67. The van der Waals surface area contributed by atoms with Gasteiger partial charge >= 0.3 is 0 Å². The third-order valence-corrected chi connectivity index (χ3v) is 4.41. The van der Waals surface area contributed by atoms with E-state index in [0.29, 0.717) is 17.0 Å². The van der Waals surface area contributed by atoms with Gasteiger partial charge in [-0.1, -0.05) is 6.07 Å². The fourth-order valence-electron chi connectivity index (χ4n) is 2.97. The number of amides is 1. The third kappa shape index (κ3) is 4.32. The molecule has 0 atom stereocenters. The van der Waals surface area contributed by atoms with Gasteiger partial charge in [0, 0.05) is 30.4 Å². The van der Waals surface area contributed by atoms with Gasteiger partial charge in [0.25, 0.3) is 5.91 Å². The van der Waals surface area contributed by atoms with E-state index in [1.165, 1.54) is 25.3 Å². The molecule has 1 aliphatic heterocycles. The molecule has 1 aliphatic rings. The Bertz CT molecular complexity index is 772. The minimum absolute atomic E-state index is 0.219. The summed E-state index contributed by atoms with van der Waals surface area (Å²) < 4.78 is 13.6. The van der Waals surface area contributed by atoms with Crippen LogP contribution in [0.5, 0.6) is 0 Å². The number of aromatic nitrogens is 2. The van der Waals surface area contributed by atoms with Crippen LogP contribution in [-0.4, -0.2) is 29.0 Å². The fourth-order valence-corrected chi connectivity index (χ4v) is 2.97. The lowest BCUT2D eigenvalue weighted by Crippen LogP contribution is -2.31. The Hall–Kier alpha value is -2.50. The molecule has 0 aliphatic carbocycles. The summed E-state index contributed by atoms with van der Waals surface area (Å²) in [5.41, 5.74) is 1.69. The maximum absolute atomic E-state index is 13.6. The Kier molecular flexibility index (Phi) is 5.26. The van der Waals surface area contributed by atoms with Crippen LogP contribution in [0.15, 0.2) is 24.3 Å². The van der Waals surface area contributed by atoms with Gasteiger partial charge in [-0.2, -0.15) is 0 Å². The van der Waals surface area contributed by atoms with Gasteiger partial charge < -0.3 is 10.2 Å². The van der Waals surface area contributed by atoms with Crippen molar-refractivity contribution in [3.05, 3.63) is 52.7 Å². The molecule has 6 heteroatoms. The Labute approximate surface area is 147 Å². The highest BCUT2D eigenvalue weighted by Crippen LogP contribution is 2.18. The number of benzene rings is 1. The number of anilines is 1. The summed E-state index contributed by atoms with van der Waals surface area (Å²) in [6.45, 7) is 5.82. The Morgan fingerprint density at radius 2 is 1.92 bits per heavy atom. The van der Waals surface area contributed by atoms with Crippen molar-refractivity contribution in [2.24, 2.45) is 0 Å². The highest BCUT2D eigenvalue weighted by Gasteiger charge is 2.14. The standard InChI is InChI=1S/C19H23FN4O/c1-13-6-7-15(11-16(13)20)19(25)21-12-17-22-14(2)10-18(23-17)24-8-4-3-5-9-24/h6-7,10-11H,3-5,8-9,12H2,1-2H3,(H,21,25). The molecular weight excluding hydrogens is 319 g/mol. The summed E-state index contributed by atoms with van der Waals surface area (Å²) in [6, 6.07) is 6.44. The van der Waals surface area contributed by atoms with Gasteiger partial charge in [0.05, 0.1) is 6.54 Å². The van der Waals surface area contributed by atoms with Gasteiger partial charge in [-0.3, -0.25) is 4.79 Å². The van der Waals surface area contributed by atoms with E-state index < -0.39 is 0 Å². The van der Waals surface area contributed by atoms with Crippen LogP contribution in [-0.2, 0) is 6.54 Å². The van der Waals surface area contributed by atoms with Gasteiger partial charge in [-0.15, -0.1) is 0 Å². The van der Waals surface area contributed by atoms with Crippen LogP contribution in [0.3, 0.4) is 0 Å². The number of hydrogen-bond donors (Lipinski definition) is 1. The van der Waals surface area contributed by atoms with Gasteiger partial charge in [-0.25, -0.2) is 14.4 Å².